The normalized spacial score (nSPS) is 11.0. The van der Waals surface area contributed by atoms with Crippen molar-refractivity contribution in [2.75, 3.05) is 0 Å². The van der Waals surface area contributed by atoms with Gasteiger partial charge in [-0.1, -0.05) is 13.3 Å². The first-order valence-electron chi connectivity index (χ1n) is 10.6. The number of ether oxygens (including phenoxy) is 2. The Hall–Kier alpha value is -3.10. The number of benzene rings is 2. The molecular weight excluding hydrogens is 416 g/mol. The van der Waals surface area contributed by atoms with Gasteiger partial charge in [0.1, 0.15) is 11.5 Å². The quantitative estimate of drug-likeness (QED) is 0.248. The molecule has 174 valence electrons. The van der Waals surface area contributed by atoms with Gasteiger partial charge >= 0.3 is 11.9 Å². The molecule has 0 saturated heterocycles. The molecule has 0 spiro atoms. The summed E-state index contributed by atoms with van der Waals surface area (Å²) in [7, 11) is 0. The van der Waals surface area contributed by atoms with E-state index in [2.05, 4.69) is 0 Å². The molecule has 0 bridgehead atoms. The minimum atomic E-state index is -1.07. The molecule has 32 heavy (non-hydrogen) atoms. The van der Waals surface area contributed by atoms with Crippen LogP contribution in [0.3, 0.4) is 0 Å². The first-order chi connectivity index (χ1) is 15.3. The van der Waals surface area contributed by atoms with E-state index in [0.29, 0.717) is 24.3 Å². The van der Waals surface area contributed by atoms with Gasteiger partial charge in [-0.3, -0.25) is 9.78 Å². The van der Waals surface area contributed by atoms with Crippen molar-refractivity contribution in [3.63, 3.8) is 0 Å². The van der Waals surface area contributed by atoms with Crippen LogP contribution in [0.1, 0.15) is 68.2 Å². The number of carbonyl (C=O) groups is 2. The highest BCUT2D eigenvalue weighted by molar-refractivity contribution is 5.89. The molecule has 2 rings (SSSR count). The van der Waals surface area contributed by atoms with Crippen molar-refractivity contribution in [3.8, 4) is 11.5 Å². The summed E-state index contributed by atoms with van der Waals surface area (Å²) in [5.74, 6) is -0.142. The van der Waals surface area contributed by atoms with E-state index in [-0.39, 0.29) is 23.3 Å². The molecule has 0 amide bonds. The average Bonchev–Trinajstić information content (AvgIpc) is 2.75. The molecule has 0 heterocycles. The van der Waals surface area contributed by atoms with Crippen molar-refractivity contribution in [2.24, 2.45) is 0 Å². The number of rotatable bonds is 12. The maximum absolute atomic E-state index is 12.2. The predicted molar refractivity (Wildman–Crippen MR) is 116 cm³/mol. The topological polar surface area (TPSA) is 89.5 Å². The minimum Gasteiger partial charge on any atom is -0.491 e. The van der Waals surface area contributed by atoms with Crippen LogP contribution in [0.4, 0.5) is 0 Å². The Kier molecular flexibility index (Phi) is 9.97. The van der Waals surface area contributed by atoms with Crippen LogP contribution in [0.15, 0.2) is 48.5 Å². The van der Waals surface area contributed by atoms with Gasteiger partial charge in [0.25, 0.3) is 0 Å². The van der Waals surface area contributed by atoms with Gasteiger partial charge in [-0.15, -0.1) is 9.78 Å². The summed E-state index contributed by atoms with van der Waals surface area (Å²) in [6, 6.07) is 12.9. The van der Waals surface area contributed by atoms with Crippen LogP contribution in [0.25, 0.3) is 0 Å². The van der Waals surface area contributed by atoms with Gasteiger partial charge < -0.3 is 9.47 Å². The first kappa shape index (κ1) is 25.2. The Balaban J connectivity index is 1.85. The van der Waals surface area contributed by atoms with Crippen LogP contribution in [-0.2, 0) is 19.6 Å². The van der Waals surface area contributed by atoms with Crippen LogP contribution in [0.2, 0.25) is 0 Å². The van der Waals surface area contributed by atoms with Crippen molar-refractivity contribution >= 4 is 11.9 Å². The van der Waals surface area contributed by atoms with Crippen LogP contribution in [0.5, 0.6) is 11.5 Å². The van der Waals surface area contributed by atoms with E-state index in [1.165, 1.54) is 0 Å². The van der Waals surface area contributed by atoms with E-state index >= 15 is 0 Å². The smallest absolute Gasteiger partial charge is 0.373 e. The molecule has 0 radical (unpaired) electrons. The predicted octanol–water partition coefficient (Wildman–Crippen LogP) is 5.26. The molecule has 0 fully saturated rings. The summed E-state index contributed by atoms with van der Waals surface area (Å²) in [5.41, 5.74) is 0.550. The van der Waals surface area contributed by atoms with E-state index in [9.17, 15) is 9.59 Å². The third kappa shape index (κ3) is 8.56. The fourth-order valence-corrected chi connectivity index (χ4v) is 2.52. The molecule has 0 unspecified atom stereocenters. The molecule has 0 aliphatic heterocycles. The van der Waals surface area contributed by atoms with E-state index in [1.807, 2.05) is 34.6 Å². The van der Waals surface area contributed by atoms with Gasteiger partial charge in [-0.25, -0.2) is 9.59 Å². The lowest BCUT2D eigenvalue weighted by molar-refractivity contribution is -0.421. The lowest BCUT2D eigenvalue weighted by Crippen LogP contribution is -2.22. The first-order valence-corrected chi connectivity index (χ1v) is 10.6. The highest BCUT2D eigenvalue weighted by Gasteiger charge is 2.19. The van der Waals surface area contributed by atoms with Crippen molar-refractivity contribution in [1.82, 2.24) is 0 Å². The third-order valence-corrected chi connectivity index (χ3v) is 3.91. The molecule has 2 aromatic rings. The number of hydrogen-bond acceptors (Lipinski definition) is 8. The minimum absolute atomic E-state index is 0.0251. The molecule has 0 atom stereocenters. The largest absolute Gasteiger partial charge is 0.491 e. The number of carbonyl (C=O) groups excluding carboxylic acids is 2. The molecule has 0 N–H and O–H groups in total. The summed E-state index contributed by atoms with van der Waals surface area (Å²) in [6.07, 6.45) is -0.0419. The molecule has 0 aliphatic rings. The SMILES string of the molecule is CCCC(OOC(=O)c1ccc(OC(C)C)cc1)OOC(=O)c1ccc(OC(C)C)cc1. The Morgan fingerprint density at radius 3 is 1.38 bits per heavy atom. The zero-order valence-corrected chi connectivity index (χ0v) is 19.0. The second kappa shape index (κ2) is 12.7. The van der Waals surface area contributed by atoms with Crippen molar-refractivity contribution < 1.29 is 38.6 Å². The average molecular weight is 446 g/mol. The van der Waals surface area contributed by atoms with Gasteiger partial charge in [0.2, 0.25) is 6.29 Å². The third-order valence-electron chi connectivity index (χ3n) is 3.91. The molecule has 0 saturated carbocycles. The van der Waals surface area contributed by atoms with Crippen LogP contribution in [0, 0.1) is 0 Å². The Morgan fingerprint density at radius 1 is 0.688 bits per heavy atom. The van der Waals surface area contributed by atoms with Crippen LogP contribution < -0.4 is 9.47 Å². The fraction of sp³-hybridized carbons (Fsp3) is 0.417. The summed E-state index contributed by atoms with van der Waals surface area (Å²) < 4.78 is 11.1. The Morgan fingerprint density at radius 2 is 1.06 bits per heavy atom. The maximum atomic E-state index is 12.2. The van der Waals surface area contributed by atoms with Gasteiger partial charge in [-0.05, 0) is 76.2 Å². The zero-order valence-electron chi connectivity index (χ0n) is 19.0. The van der Waals surface area contributed by atoms with Crippen molar-refractivity contribution in [3.05, 3.63) is 59.7 Å². The Bertz CT molecular complexity index is 774. The zero-order chi connectivity index (χ0) is 23.5. The second-order valence-electron chi connectivity index (χ2n) is 7.53. The van der Waals surface area contributed by atoms with Gasteiger partial charge in [0.05, 0.1) is 23.3 Å². The van der Waals surface area contributed by atoms with E-state index < -0.39 is 18.2 Å². The highest BCUT2D eigenvalue weighted by atomic mass is 17.3. The maximum Gasteiger partial charge on any atom is 0.373 e. The second-order valence-corrected chi connectivity index (χ2v) is 7.53. The molecule has 2 aromatic carbocycles. The van der Waals surface area contributed by atoms with E-state index in [4.69, 9.17) is 29.0 Å². The molecule has 8 heteroatoms. The van der Waals surface area contributed by atoms with Gasteiger partial charge in [0.15, 0.2) is 0 Å². The van der Waals surface area contributed by atoms with E-state index in [1.54, 1.807) is 48.5 Å². The summed E-state index contributed by atoms with van der Waals surface area (Å²) >= 11 is 0. The molecule has 8 nitrogen and oxygen atoms in total. The number of hydrogen-bond donors (Lipinski definition) is 0. The summed E-state index contributed by atoms with van der Waals surface area (Å²) in [6.45, 7) is 9.52. The fourth-order valence-electron chi connectivity index (χ4n) is 2.52. The van der Waals surface area contributed by atoms with Gasteiger partial charge in [-0.2, -0.15) is 0 Å². The molecular formula is C24H30O8. The lowest BCUT2D eigenvalue weighted by atomic mass is 10.2. The van der Waals surface area contributed by atoms with Crippen LogP contribution >= 0.6 is 0 Å². The Labute approximate surface area is 188 Å². The summed E-state index contributed by atoms with van der Waals surface area (Å²) in [4.78, 5) is 44.2. The summed E-state index contributed by atoms with van der Waals surface area (Å²) in [5, 5.41) is 0. The van der Waals surface area contributed by atoms with Crippen LogP contribution in [-0.4, -0.2) is 30.4 Å². The van der Waals surface area contributed by atoms with Gasteiger partial charge in [0, 0.05) is 6.42 Å². The molecule has 0 aliphatic carbocycles. The molecule has 0 aromatic heterocycles. The van der Waals surface area contributed by atoms with E-state index in [0.717, 1.165) is 0 Å². The van der Waals surface area contributed by atoms with Crippen molar-refractivity contribution in [1.29, 1.82) is 0 Å². The van der Waals surface area contributed by atoms with Crippen molar-refractivity contribution in [2.45, 2.75) is 66.0 Å². The highest BCUT2D eigenvalue weighted by Crippen LogP contribution is 2.17. The monoisotopic (exact) mass is 446 g/mol. The standard InChI is InChI=1S/C24H30O8/c1-6-7-22(29-31-23(25)18-8-12-20(13-9-18)27-16(2)3)30-32-24(26)19-10-14-21(15-11-19)28-17(4)5/h8-17,22H,6-7H2,1-5H3. The lowest BCUT2D eigenvalue weighted by Gasteiger charge is -2.15.